The first kappa shape index (κ1) is 11.0. The smallest absolute Gasteiger partial charge is 0.230 e. The van der Waals surface area contributed by atoms with Crippen LogP contribution < -0.4 is 4.90 Å². The van der Waals surface area contributed by atoms with Gasteiger partial charge in [0.1, 0.15) is 0 Å². The second-order valence-electron chi connectivity index (χ2n) is 4.73. The van der Waals surface area contributed by atoms with Gasteiger partial charge in [-0.15, -0.1) is 0 Å². The zero-order valence-corrected chi connectivity index (χ0v) is 10.3. The summed E-state index contributed by atoms with van der Waals surface area (Å²) >= 11 is 0. The molecule has 2 heteroatoms. The van der Waals surface area contributed by atoms with Crippen molar-refractivity contribution in [1.29, 1.82) is 0 Å². The molecule has 0 spiro atoms. The van der Waals surface area contributed by atoms with E-state index < -0.39 is 0 Å². The van der Waals surface area contributed by atoms with E-state index in [1.165, 1.54) is 11.1 Å². The molecule has 3 rings (SSSR count). The Balaban J connectivity index is 1.91. The molecule has 0 N–H and O–H groups in total. The molecule has 2 aromatic rings. The number of amides is 1. The van der Waals surface area contributed by atoms with Crippen molar-refractivity contribution in [2.75, 3.05) is 4.90 Å². The van der Waals surface area contributed by atoms with Crippen molar-refractivity contribution in [1.82, 2.24) is 0 Å². The zero-order valence-electron chi connectivity index (χ0n) is 10.3. The van der Waals surface area contributed by atoms with Crippen molar-refractivity contribution in [3.05, 3.63) is 65.7 Å². The van der Waals surface area contributed by atoms with Gasteiger partial charge >= 0.3 is 0 Å². The molecule has 0 aliphatic carbocycles. The molecule has 1 unspecified atom stereocenters. The van der Waals surface area contributed by atoms with Crippen LogP contribution in [0.5, 0.6) is 0 Å². The van der Waals surface area contributed by atoms with Gasteiger partial charge in [-0.05, 0) is 24.6 Å². The first-order chi connectivity index (χ1) is 8.75. The average molecular weight is 237 g/mol. The van der Waals surface area contributed by atoms with Gasteiger partial charge in [-0.3, -0.25) is 4.79 Å². The van der Waals surface area contributed by atoms with E-state index in [0.29, 0.717) is 6.42 Å². The van der Waals surface area contributed by atoms with E-state index in [2.05, 4.69) is 19.1 Å². The summed E-state index contributed by atoms with van der Waals surface area (Å²) in [4.78, 5) is 13.7. The monoisotopic (exact) mass is 237 g/mol. The predicted molar refractivity (Wildman–Crippen MR) is 72.5 cm³/mol. The lowest BCUT2D eigenvalue weighted by atomic mass is 9.93. The van der Waals surface area contributed by atoms with Gasteiger partial charge in [0.05, 0.1) is 12.5 Å². The Kier molecular flexibility index (Phi) is 2.63. The van der Waals surface area contributed by atoms with Crippen LogP contribution in [-0.2, 0) is 4.79 Å². The normalized spacial score (nSPS) is 18.6. The van der Waals surface area contributed by atoms with E-state index in [4.69, 9.17) is 0 Å². The SMILES string of the molecule is Cc1ccc(N2C(=O)CC2c2ccccc2)cc1. The lowest BCUT2D eigenvalue weighted by Crippen LogP contribution is -2.46. The van der Waals surface area contributed by atoms with Gasteiger partial charge in [0.25, 0.3) is 0 Å². The van der Waals surface area contributed by atoms with Crippen LogP contribution in [0.4, 0.5) is 5.69 Å². The largest absolute Gasteiger partial charge is 0.304 e. The van der Waals surface area contributed by atoms with Crippen molar-refractivity contribution >= 4 is 11.6 Å². The Morgan fingerprint density at radius 2 is 1.67 bits per heavy atom. The fourth-order valence-corrected chi connectivity index (χ4v) is 2.39. The first-order valence-corrected chi connectivity index (χ1v) is 6.19. The second-order valence-corrected chi connectivity index (χ2v) is 4.73. The van der Waals surface area contributed by atoms with E-state index in [0.717, 1.165) is 5.69 Å². The molecule has 2 nitrogen and oxygen atoms in total. The molecule has 0 aromatic heterocycles. The third-order valence-electron chi connectivity index (χ3n) is 3.44. The van der Waals surface area contributed by atoms with Gasteiger partial charge in [0, 0.05) is 5.69 Å². The Morgan fingerprint density at radius 3 is 2.28 bits per heavy atom. The third kappa shape index (κ3) is 1.80. The van der Waals surface area contributed by atoms with Crippen LogP contribution in [0.3, 0.4) is 0 Å². The molecule has 1 amide bonds. The quantitative estimate of drug-likeness (QED) is 0.732. The van der Waals surface area contributed by atoms with Gasteiger partial charge in [0.15, 0.2) is 0 Å². The minimum absolute atomic E-state index is 0.196. The molecule has 1 atom stereocenters. The van der Waals surface area contributed by atoms with Crippen molar-refractivity contribution < 1.29 is 4.79 Å². The average Bonchev–Trinajstić information content (AvgIpc) is 2.39. The Morgan fingerprint density at radius 1 is 1.00 bits per heavy atom. The van der Waals surface area contributed by atoms with Crippen LogP contribution >= 0.6 is 0 Å². The van der Waals surface area contributed by atoms with Gasteiger partial charge < -0.3 is 4.90 Å². The highest BCUT2D eigenvalue weighted by Gasteiger charge is 2.37. The molecule has 18 heavy (non-hydrogen) atoms. The fraction of sp³-hybridized carbons (Fsp3) is 0.188. The third-order valence-corrected chi connectivity index (χ3v) is 3.44. The molecule has 1 heterocycles. The minimum atomic E-state index is 0.196. The molecular weight excluding hydrogens is 222 g/mol. The number of hydrogen-bond donors (Lipinski definition) is 0. The molecule has 90 valence electrons. The summed E-state index contributed by atoms with van der Waals surface area (Å²) in [7, 11) is 0. The van der Waals surface area contributed by atoms with Crippen LogP contribution in [0.2, 0.25) is 0 Å². The minimum Gasteiger partial charge on any atom is -0.304 e. The number of carbonyl (C=O) groups excluding carboxylic acids is 1. The number of benzene rings is 2. The number of hydrogen-bond acceptors (Lipinski definition) is 1. The van der Waals surface area contributed by atoms with E-state index in [1.54, 1.807) is 0 Å². The molecular formula is C16H15NO. The first-order valence-electron chi connectivity index (χ1n) is 6.19. The number of anilines is 1. The lowest BCUT2D eigenvalue weighted by molar-refractivity contribution is -0.124. The van der Waals surface area contributed by atoms with Crippen LogP contribution in [0, 0.1) is 6.92 Å². The highest BCUT2D eigenvalue weighted by Crippen LogP contribution is 2.38. The Labute approximate surface area is 107 Å². The zero-order chi connectivity index (χ0) is 12.5. The standard InChI is InChI=1S/C16H15NO/c1-12-7-9-14(10-8-12)17-15(11-16(17)18)13-5-3-2-4-6-13/h2-10,15H,11H2,1H3. The van der Waals surface area contributed by atoms with Crippen LogP contribution in [0.1, 0.15) is 23.6 Å². The number of aryl methyl sites for hydroxylation is 1. The molecule has 0 radical (unpaired) electrons. The predicted octanol–water partition coefficient (Wildman–Crippen LogP) is 3.47. The summed E-state index contributed by atoms with van der Waals surface area (Å²) in [5.41, 5.74) is 3.41. The second kappa shape index (κ2) is 4.30. The van der Waals surface area contributed by atoms with E-state index in [-0.39, 0.29) is 11.9 Å². The van der Waals surface area contributed by atoms with Gasteiger partial charge in [-0.25, -0.2) is 0 Å². The Hall–Kier alpha value is -2.09. The summed E-state index contributed by atoms with van der Waals surface area (Å²) in [6, 6.07) is 18.5. The lowest BCUT2D eigenvalue weighted by Gasteiger charge is -2.40. The number of carbonyl (C=O) groups is 1. The maximum Gasteiger partial charge on any atom is 0.230 e. The molecule has 1 aliphatic heterocycles. The van der Waals surface area contributed by atoms with Crippen molar-refractivity contribution in [3.8, 4) is 0 Å². The van der Waals surface area contributed by atoms with Gasteiger partial charge in [-0.2, -0.15) is 0 Å². The number of nitrogens with zero attached hydrogens (tertiary/aromatic N) is 1. The topological polar surface area (TPSA) is 20.3 Å². The summed E-state index contributed by atoms with van der Waals surface area (Å²) in [6.45, 7) is 2.05. The highest BCUT2D eigenvalue weighted by molar-refractivity contribution is 6.01. The van der Waals surface area contributed by atoms with Crippen molar-refractivity contribution in [2.24, 2.45) is 0 Å². The molecule has 0 bridgehead atoms. The summed E-state index contributed by atoms with van der Waals surface area (Å²) < 4.78 is 0. The van der Waals surface area contributed by atoms with Crippen LogP contribution in [0.15, 0.2) is 54.6 Å². The van der Waals surface area contributed by atoms with Crippen molar-refractivity contribution in [2.45, 2.75) is 19.4 Å². The van der Waals surface area contributed by atoms with Gasteiger partial charge in [0.2, 0.25) is 5.91 Å². The summed E-state index contributed by atoms with van der Waals surface area (Å²) in [5, 5.41) is 0. The molecule has 0 saturated carbocycles. The molecule has 2 aromatic carbocycles. The van der Waals surface area contributed by atoms with Crippen LogP contribution in [0.25, 0.3) is 0 Å². The molecule has 1 fully saturated rings. The molecule has 1 saturated heterocycles. The van der Waals surface area contributed by atoms with E-state index in [9.17, 15) is 4.79 Å². The van der Waals surface area contributed by atoms with Crippen molar-refractivity contribution in [3.63, 3.8) is 0 Å². The highest BCUT2D eigenvalue weighted by atomic mass is 16.2. The summed E-state index contributed by atoms with van der Waals surface area (Å²) in [5.74, 6) is 0.202. The molecule has 1 aliphatic rings. The number of rotatable bonds is 2. The maximum absolute atomic E-state index is 11.8. The van der Waals surface area contributed by atoms with Crippen LogP contribution in [-0.4, -0.2) is 5.91 Å². The maximum atomic E-state index is 11.8. The fourth-order valence-electron chi connectivity index (χ4n) is 2.39. The van der Waals surface area contributed by atoms with Gasteiger partial charge in [-0.1, -0.05) is 48.0 Å². The summed E-state index contributed by atoms with van der Waals surface area (Å²) in [6.07, 6.45) is 0.609. The number of β-lactam (4-membered cyclic amide) rings is 1. The van der Waals surface area contributed by atoms with E-state index >= 15 is 0 Å². The Bertz CT molecular complexity index is 559. The van der Waals surface area contributed by atoms with E-state index in [1.807, 2.05) is 47.4 Å².